The number of terminal acetylenes is 1. The van der Waals surface area contributed by atoms with Crippen LogP contribution in [-0.2, 0) is 4.74 Å². The van der Waals surface area contributed by atoms with E-state index in [9.17, 15) is 0 Å². The van der Waals surface area contributed by atoms with Crippen molar-refractivity contribution in [3.05, 3.63) is 0 Å². The normalized spacial score (nSPS) is 33.2. The molecule has 0 spiro atoms. The Hall–Kier alpha value is -0.520. The van der Waals surface area contributed by atoms with Gasteiger partial charge in [-0.3, -0.25) is 0 Å². The van der Waals surface area contributed by atoms with Gasteiger partial charge in [0.15, 0.2) is 0 Å². The molecule has 0 bridgehead atoms. The molecule has 1 atom stereocenters. The molecule has 1 heterocycles. The van der Waals surface area contributed by atoms with Crippen LogP contribution in [0.2, 0.25) is 0 Å². The lowest BCUT2D eigenvalue weighted by Crippen LogP contribution is -2.47. The number of hydrogen-bond donors (Lipinski definition) is 1. The minimum absolute atomic E-state index is 0.229. The molecule has 10 heavy (non-hydrogen) atoms. The number of nitrogens with two attached hydrogens (primary N) is 1. The zero-order valence-electron chi connectivity index (χ0n) is 6.10. The van der Waals surface area contributed by atoms with Gasteiger partial charge in [0.1, 0.15) is 0 Å². The van der Waals surface area contributed by atoms with Gasteiger partial charge in [-0.15, -0.1) is 12.3 Å². The highest BCUT2D eigenvalue weighted by Crippen LogP contribution is 2.18. The highest BCUT2D eigenvalue weighted by Gasteiger charge is 2.26. The highest BCUT2D eigenvalue weighted by atomic mass is 16.5. The summed E-state index contributed by atoms with van der Waals surface area (Å²) in [7, 11) is 0. The summed E-state index contributed by atoms with van der Waals surface area (Å²) in [5.41, 5.74) is 5.67. The molecule has 2 nitrogen and oxygen atoms in total. The van der Waals surface area contributed by atoms with Gasteiger partial charge in [0, 0.05) is 13.0 Å². The zero-order chi connectivity index (χ0) is 7.45. The third-order valence-electron chi connectivity index (χ3n) is 1.81. The SMILES string of the molecule is C#CCC1(N)CCCOC1. The van der Waals surface area contributed by atoms with Crippen LogP contribution in [0.4, 0.5) is 0 Å². The average Bonchev–Trinajstić information content (AvgIpc) is 1.89. The second-order valence-corrected chi connectivity index (χ2v) is 2.90. The molecule has 1 fully saturated rings. The molecule has 2 N–H and O–H groups in total. The number of hydrogen-bond acceptors (Lipinski definition) is 2. The molecule has 0 aromatic carbocycles. The average molecular weight is 139 g/mol. The summed E-state index contributed by atoms with van der Waals surface area (Å²) >= 11 is 0. The van der Waals surface area contributed by atoms with Gasteiger partial charge in [0.05, 0.1) is 12.1 Å². The van der Waals surface area contributed by atoms with Crippen LogP contribution < -0.4 is 5.73 Å². The minimum atomic E-state index is -0.229. The lowest BCUT2D eigenvalue weighted by Gasteiger charge is -2.31. The van der Waals surface area contributed by atoms with Crippen molar-refractivity contribution in [2.75, 3.05) is 13.2 Å². The molecule has 0 aromatic heterocycles. The Labute approximate surface area is 61.7 Å². The smallest absolute Gasteiger partial charge is 0.0655 e. The van der Waals surface area contributed by atoms with Gasteiger partial charge in [-0.1, -0.05) is 0 Å². The molecule has 2 heteroatoms. The van der Waals surface area contributed by atoms with Crippen LogP contribution in [0.1, 0.15) is 19.3 Å². The molecule has 1 rings (SSSR count). The van der Waals surface area contributed by atoms with Gasteiger partial charge in [0.25, 0.3) is 0 Å². The van der Waals surface area contributed by atoms with Crippen molar-refractivity contribution in [1.29, 1.82) is 0 Å². The Morgan fingerprint density at radius 3 is 3.00 bits per heavy atom. The van der Waals surface area contributed by atoms with Crippen LogP contribution in [0.25, 0.3) is 0 Å². The summed E-state index contributed by atoms with van der Waals surface area (Å²) in [4.78, 5) is 0. The highest BCUT2D eigenvalue weighted by molar-refractivity contribution is 4.99. The van der Waals surface area contributed by atoms with E-state index < -0.39 is 0 Å². The van der Waals surface area contributed by atoms with Crippen LogP contribution in [-0.4, -0.2) is 18.8 Å². The van der Waals surface area contributed by atoms with Crippen molar-refractivity contribution in [3.63, 3.8) is 0 Å². The Kier molecular flexibility index (Phi) is 2.31. The van der Waals surface area contributed by atoms with Crippen LogP contribution in [0.5, 0.6) is 0 Å². The summed E-state index contributed by atoms with van der Waals surface area (Å²) in [6, 6.07) is 0. The maximum atomic E-state index is 5.90. The fourth-order valence-electron chi connectivity index (χ4n) is 1.22. The summed E-state index contributed by atoms with van der Waals surface area (Å²) in [5.74, 6) is 2.57. The first kappa shape index (κ1) is 7.59. The summed E-state index contributed by atoms with van der Waals surface area (Å²) < 4.78 is 5.22. The molecule has 0 amide bonds. The van der Waals surface area contributed by atoms with E-state index in [2.05, 4.69) is 5.92 Å². The largest absolute Gasteiger partial charge is 0.380 e. The molecule has 0 radical (unpaired) electrons. The summed E-state index contributed by atoms with van der Waals surface area (Å²) in [6.45, 7) is 1.46. The van der Waals surface area contributed by atoms with Gasteiger partial charge in [-0.25, -0.2) is 0 Å². The van der Waals surface area contributed by atoms with Gasteiger partial charge in [-0.05, 0) is 12.8 Å². The molecule has 1 aliphatic heterocycles. The van der Waals surface area contributed by atoms with E-state index in [-0.39, 0.29) is 5.54 Å². The molecule has 1 aliphatic rings. The van der Waals surface area contributed by atoms with E-state index in [1.807, 2.05) is 0 Å². The molecule has 0 aromatic rings. The maximum Gasteiger partial charge on any atom is 0.0655 e. The first-order valence-electron chi connectivity index (χ1n) is 3.57. The summed E-state index contributed by atoms with van der Waals surface area (Å²) in [6.07, 6.45) is 7.83. The number of rotatable bonds is 1. The predicted octanol–water partition coefficient (Wildman–Crippen LogP) is 0.518. The third kappa shape index (κ3) is 1.73. The fourth-order valence-corrected chi connectivity index (χ4v) is 1.22. The quantitative estimate of drug-likeness (QED) is 0.537. The van der Waals surface area contributed by atoms with E-state index in [0.29, 0.717) is 13.0 Å². The van der Waals surface area contributed by atoms with Crippen molar-refractivity contribution < 1.29 is 4.74 Å². The Balaban J connectivity index is 2.42. The lowest BCUT2D eigenvalue weighted by molar-refractivity contribution is 0.0402. The van der Waals surface area contributed by atoms with E-state index in [1.165, 1.54) is 0 Å². The van der Waals surface area contributed by atoms with E-state index in [0.717, 1.165) is 19.4 Å². The summed E-state index contributed by atoms with van der Waals surface area (Å²) in [5, 5.41) is 0. The van der Waals surface area contributed by atoms with E-state index in [1.54, 1.807) is 0 Å². The van der Waals surface area contributed by atoms with Crippen molar-refractivity contribution in [2.45, 2.75) is 24.8 Å². The van der Waals surface area contributed by atoms with Crippen LogP contribution in [0, 0.1) is 12.3 Å². The van der Waals surface area contributed by atoms with Crippen molar-refractivity contribution in [1.82, 2.24) is 0 Å². The molecule has 56 valence electrons. The first-order chi connectivity index (χ1) is 4.77. The van der Waals surface area contributed by atoms with Crippen molar-refractivity contribution in [3.8, 4) is 12.3 Å². The zero-order valence-corrected chi connectivity index (χ0v) is 6.10. The second kappa shape index (κ2) is 3.05. The lowest BCUT2D eigenvalue weighted by atomic mass is 9.91. The molecular weight excluding hydrogens is 126 g/mol. The van der Waals surface area contributed by atoms with Crippen molar-refractivity contribution in [2.24, 2.45) is 5.73 Å². The third-order valence-corrected chi connectivity index (χ3v) is 1.81. The van der Waals surface area contributed by atoms with Gasteiger partial charge in [-0.2, -0.15) is 0 Å². The molecular formula is C8H13NO. The van der Waals surface area contributed by atoms with Gasteiger partial charge >= 0.3 is 0 Å². The monoisotopic (exact) mass is 139 g/mol. The molecule has 0 aliphatic carbocycles. The van der Waals surface area contributed by atoms with E-state index in [4.69, 9.17) is 16.9 Å². The Morgan fingerprint density at radius 2 is 2.50 bits per heavy atom. The van der Waals surface area contributed by atoms with Crippen LogP contribution in [0.3, 0.4) is 0 Å². The topological polar surface area (TPSA) is 35.2 Å². The number of ether oxygens (including phenoxy) is 1. The molecule has 1 saturated heterocycles. The van der Waals surface area contributed by atoms with Crippen molar-refractivity contribution >= 4 is 0 Å². The van der Waals surface area contributed by atoms with Crippen LogP contribution >= 0.6 is 0 Å². The fraction of sp³-hybridized carbons (Fsp3) is 0.750. The first-order valence-corrected chi connectivity index (χ1v) is 3.57. The maximum absolute atomic E-state index is 5.90. The van der Waals surface area contributed by atoms with Gasteiger partial charge in [0.2, 0.25) is 0 Å². The molecule has 0 saturated carbocycles. The Morgan fingerprint density at radius 1 is 1.70 bits per heavy atom. The molecule has 1 unspecified atom stereocenters. The minimum Gasteiger partial charge on any atom is -0.380 e. The predicted molar refractivity (Wildman–Crippen MR) is 40.4 cm³/mol. The standard InChI is InChI=1S/C8H13NO/c1-2-4-8(9)5-3-6-10-7-8/h1H,3-7,9H2. The second-order valence-electron chi connectivity index (χ2n) is 2.90. The van der Waals surface area contributed by atoms with Crippen LogP contribution in [0.15, 0.2) is 0 Å². The van der Waals surface area contributed by atoms with E-state index >= 15 is 0 Å². The van der Waals surface area contributed by atoms with Gasteiger partial charge < -0.3 is 10.5 Å². The Bertz CT molecular complexity index is 142.